The van der Waals surface area contributed by atoms with Crippen molar-refractivity contribution >= 4 is 21.7 Å². The lowest BCUT2D eigenvalue weighted by Gasteiger charge is -2.15. The molecule has 0 atom stereocenters. The van der Waals surface area contributed by atoms with Gasteiger partial charge in [-0.3, -0.25) is 4.79 Å². The smallest absolute Gasteiger partial charge is 0.240 e. The molecule has 1 aliphatic rings. The first-order chi connectivity index (χ1) is 13.9. The van der Waals surface area contributed by atoms with Crippen molar-refractivity contribution in [3.05, 3.63) is 78.4 Å². The Kier molecular flexibility index (Phi) is 4.94. The Morgan fingerprint density at radius 1 is 0.931 bits per heavy atom. The molecule has 0 bridgehead atoms. The monoisotopic (exact) mass is 407 g/mol. The van der Waals surface area contributed by atoms with Crippen molar-refractivity contribution in [2.45, 2.75) is 23.2 Å². The number of hydrogen-bond donors (Lipinski definition) is 2. The van der Waals surface area contributed by atoms with Gasteiger partial charge in [0.2, 0.25) is 15.9 Å². The van der Waals surface area contributed by atoms with Gasteiger partial charge in [-0.05, 0) is 49.7 Å². The van der Waals surface area contributed by atoms with Gasteiger partial charge in [-0.1, -0.05) is 48.5 Å². The predicted octanol–water partition coefficient (Wildman–Crippen LogP) is 3.33. The largest absolute Gasteiger partial charge is 0.310 e. The van der Waals surface area contributed by atoms with Crippen molar-refractivity contribution in [1.82, 2.24) is 9.71 Å². The number of pyridine rings is 1. The van der Waals surface area contributed by atoms with E-state index in [-0.39, 0.29) is 10.8 Å². The van der Waals surface area contributed by atoms with E-state index in [1.165, 1.54) is 19.2 Å². The van der Waals surface area contributed by atoms with Gasteiger partial charge in [0.05, 0.1) is 16.0 Å². The number of aromatic nitrogens is 1. The molecule has 6 nitrogen and oxygen atoms in total. The normalized spacial score (nSPS) is 14.9. The first kappa shape index (κ1) is 19.3. The molecule has 2 N–H and O–H groups in total. The second-order valence-corrected chi connectivity index (χ2v) is 8.93. The molecule has 0 unspecified atom stereocenters. The van der Waals surface area contributed by atoms with E-state index >= 15 is 0 Å². The lowest BCUT2D eigenvalue weighted by atomic mass is 9.95. The molecule has 29 heavy (non-hydrogen) atoms. The molecule has 2 aromatic carbocycles. The highest BCUT2D eigenvalue weighted by molar-refractivity contribution is 7.89. The van der Waals surface area contributed by atoms with E-state index in [4.69, 9.17) is 0 Å². The average molecular weight is 407 g/mol. The maximum Gasteiger partial charge on any atom is 0.240 e. The minimum absolute atomic E-state index is 0.0520. The second kappa shape index (κ2) is 7.42. The molecule has 3 aromatic rings. The van der Waals surface area contributed by atoms with Crippen LogP contribution < -0.4 is 10.0 Å². The fourth-order valence-corrected chi connectivity index (χ4v) is 4.08. The number of carbonyl (C=O) groups excluding carboxylic acids is 1. The molecule has 148 valence electrons. The summed E-state index contributed by atoms with van der Waals surface area (Å²) < 4.78 is 26.0. The minimum Gasteiger partial charge on any atom is -0.310 e. The van der Waals surface area contributed by atoms with Gasteiger partial charge in [0.1, 0.15) is 5.82 Å². The molecule has 0 radical (unpaired) electrons. The third-order valence-corrected chi connectivity index (χ3v) is 6.66. The van der Waals surface area contributed by atoms with E-state index in [1.54, 1.807) is 18.2 Å². The number of carbonyl (C=O) groups is 1. The molecule has 0 aliphatic heterocycles. The Labute approximate surface area is 170 Å². The zero-order valence-electron chi connectivity index (χ0n) is 15.9. The first-order valence-electron chi connectivity index (χ1n) is 9.33. The molecule has 1 aromatic heterocycles. The van der Waals surface area contributed by atoms with Crippen LogP contribution in [0, 0.1) is 0 Å². The van der Waals surface area contributed by atoms with Crippen molar-refractivity contribution in [3.8, 4) is 11.3 Å². The van der Waals surface area contributed by atoms with Gasteiger partial charge >= 0.3 is 0 Å². The van der Waals surface area contributed by atoms with E-state index in [0.717, 1.165) is 24.0 Å². The Bertz CT molecular complexity index is 1140. The quantitative estimate of drug-likeness (QED) is 0.656. The van der Waals surface area contributed by atoms with Crippen molar-refractivity contribution in [1.29, 1.82) is 0 Å². The molecule has 1 saturated carbocycles. The number of nitrogens with zero attached hydrogens (tertiary/aromatic N) is 1. The third-order valence-electron chi connectivity index (χ3n) is 5.23. The van der Waals surface area contributed by atoms with Gasteiger partial charge in [0, 0.05) is 5.56 Å². The van der Waals surface area contributed by atoms with Crippen molar-refractivity contribution in [3.63, 3.8) is 0 Å². The Balaban J connectivity index is 1.55. The van der Waals surface area contributed by atoms with Crippen LogP contribution in [0.1, 0.15) is 18.4 Å². The summed E-state index contributed by atoms with van der Waals surface area (Å²) in [5, 5.41) is 2.94. The maximum absolute atomic E-state index is 12.9. The number of benzene rings is 2. The Morgan fingerprint density at radius 3 is 2.24 bits per heavy atom. The van der Waals surface area contributed by atoms with Crippen LogP contribution in [0.5, 0.6) is 0 Å². The molecule has 1 amide bonds. The van der Waals surface area contributed by atoms with Gasteiger partial charge in [-0.15, -0.1) is 0 Å². The molecular formula is C22H21N3O3S. The molecule has 4 rings (SSSR count). The van der Waals surface area contributed by atoms with Gasteiger partial charge in [0.25, 0.3) is 0 Å². The number of sulfonamides is 1. The summed E-state index contributed by atoms with van der Waals surface area (Å²) in [4.78, 5) is 17.6. The molecular weight excluding hydrogens is 386 g/mol. The second-order valence-electron chi connectivity index (χ2n) is 7.04. The van der Waals surface area contributed by atoms with Gasteiger partial charge < -0.3 is 5.32 Å². The topological polar surface area (TPSA) is 88.2 Å². The third kappa shape index (κ3) is 3.79. The summed E-state index contributed by atoms with van der Waals surface area (Å²) in [6.45, 7) is 0. The van der Waals surface area contributed by atoms with Crippen LogP contribution in [0.2, 0.25) is 0 Å². The van der Waals surface area contributed by atoms with Crippen LogP contribution in [-0.4, -0.2) is 26.4 Å². The summed E-state index contributed by atoms with van der Waals surface area (Å²) in [7, 11) is -2.11. The molecule has 1 fully saturated rings. The van der Waals surface area contributed by atoms with E-state index in [9.17, 15) is 13.2 Å². The summed E-state index contributed by atoms with van der Waals surface area (Å²) in [6.07, 6.45) is 1.65. The summed E-state index contributed by atoms with van der Waals surface area (Å²) in [6, 6.07) is 21.6. The predicted molar refractivity (Wildman–Crippen MR) is 112 cm³/mol. The van der Waals surface area contributed by atoms with Crippen molar-refractivity contribution < 1.29 is 13.2 Å². The number of hydrogen-bond acceptors (Lipinski definition) is 4. The fourth-order valence-electron chi connectivity index (χ4n) is 3.35. The van der Waals surface area contributed by atoms with Crippen LogP contribution in [-0.2, 0) is 20.2 Å². The van der Waals surface area contributed by atoms with Crippen LogP contribution >= 0.6 is 0 Å². The van der Waals surface area contributed by atoms with Crippen molar-refractivity contribution in [2.75, 3.05) is 12.4 Å². The molecule has 7 heteroatoms. The minimum atomic E-state index is -3.48. The highest BCUT2D eigenvalue weighted by atomic mass is 32.2. The number of nitrogens with one attached hydrogen (secondary N) is 2. The molecule has 1 heterocycles. The number of anilines is 1. The molecule has 1 aliphatic carbocycles. The zero-order chi connectivity index (χ0) is 20.5. The van der Waals surface area contributed by atoms with Gasteiger partial charge in [-0.2, -0.15) is 0 Å². The SMILES string of the molecule is CNS(=O)(=O)c1ccc(-c2cccc(NC(=O)C3(c4ccccc4)CC3)n2)cc1. The highest BCUT2D eigenvalue weighted by Crippen LogP contribution is 2.48. The lowest BCUT2D eigenvalue weighted by molar-refractivity contribution is -0.118. The number of rotatable bonds is 6. The maximum atomic E-state index is 12.9. The van der Waals surface area contributed by atoms with E-state index in [2.05, 4.69) is 15.0 Å². The van der Waals surface area contributed by atoms with Crippen LogP contribution in [0.3, 0.4) is 0 Å². The Morgan fingerprint density at radius 2 is 1.62 bits per heavy atom. The van der Waals surface area contributed by atoms with Crippen molar-refractivity contribution in [2.24, 2.45) is 0 Å². The lowest BCUT2D eigenvalue weighted by Crippen LogP contribution is -2.28. The summed E-state index contributed by atoms with van der Waals surface area (Å²) in [5.74, 6) is 0.422. The van der Waals surface area contributed by atoms with Gasteiger partial charge in [0.15, 0.2) is 0 Å². The molecule has 0 saturated heterocycles. The first-order valence-corrected chi connectivity index (χ1v) is 10.8. The summed E-state index contributed by atoms with van der Waals surface area (Å²) >= 11 is 0. The fraction of sp³-hybridized carbons (Fsp3) is 0.182. The molecule has 0 spiro atoms. The van der Waals surface area contributed by atoms with Crippen LogP contribution in [0.25, 0.3) is 11.3 Å². The van der Waals surface area contributed by atoms with Crippen LogP contribution in [0.15, 0.2) is 77.7 Å². The standard InChI is InChI=1S/C22H21N3O3S/c1-23-29(27,28)18-12-10-16(11-13-18)19-8-5-9-20(24-19)25-21(26)22(14-15-22)17-6-3-2-4-7-17/h2-13,23H,14-15H2,1H3,(H,24,25,26). The van der Waals surface area contributed by atoms with Crippen LogP contribution in [0.4, 0.5) is 5.82 Å². The highest BCUT2D eigenvalue weighted by Gasteiger charge is 2.51. The van der Waals surface area contributed by atoms with Gasteiger partial charge in [-0.25, -0.2) is 18.1 Å². The zero-order valence-corrected chi connectivity index (χ0v) is 16.7. The average Bonchev–Trinajstić information content (AvgIpc) is 3.57. The van der Waals surface area contributed by atoms with E-state index < -0.39 is 15.4 Å². The van der Waals surface area contributed by atoms with E-state index in [1.807, 2.05) is 42.5 Å². The Hall–Kier alpha value is -3.03. The number of amides is 1. The summed E-state index contributed by atoms with van der Waals surface area (Å²) in [5.41, 5.74) is 1.97. The van der Waals surface area contributed by atoms with E-state index in [0.29, 0.717) is 11.5 Å².